The predicted octanol–water partition coefficient (Wildman–Crippen LogP) is 3.12. The summed E-state index contributed by atoms with van der Waals surface area (Å²) in [6, 6.07) is 7.76. The summed E-state index contributed by atoms with van der Waals surface area (Å²) in [5.74, 6) is -0.280. The van der Waals surface area contributed by atoms with Crippen molar-refractivity contribution in [3.8, 4) is 0 Å². The van der Waals surface area contributed by atoms with Crippen LogP contribution in [0.2, 0.25) is 0 Å². The van der Waals surface area contributed by atoms with E-state index in [4.69, 9.17) is 4.74 Å². The van der Waals surface area contributed by atoms with E-state index < -0.39 is 0 Å². The van der Waals surface area contributed by atoms with E-state index >= 15 is 0 Å². The first-order valence-corrected chi connectivity index (χ1v) is 5.85. The molecule has 0 saturated carbocycles. The Kier molecular flexibility index (Phi) is 3.01. The fourth-order valence-electron chi connectivity index (χ4n) is 1.70. The van der Waals surface area contributed by atoms with Gasteiger partial charge in [-0.2, -0.15) is 0 Å². The molecule has 3 nitrogen and oxygen atoms in total. The van der Waals surface area contributed by atoms with Gasteiger partial charge in [0.05, 0.1) is 6.61 Å². The Morgan fingerprint density at radius 3 is 2.88 bits per heavy atom. The third kappa shape index (κ3) is 1.85. The minimum atomic E-state index is -0.280. The molecule has 4 heteroatoms. The third-order valence-corrected chi connectivity index (χ3v) is 2.99. The summed E-state index contributed by atoms with van der Waals surface area (Å²) in [6.07, 6.45) is 0. The molecule has 0 fully saturated rings. The van der Waals surface area contributed by atoms with Crippen LogP contribution in [0.3, 0.4) is 0 Å². The highest BCUT2D eigenvalue weighted by atomic mass is 79.9. The number of ether oxygens (including phenoxy) is 1. The molecule has 1 aromatic carbocycles. The number of esters is 1. The molecule has 84 valence electrons. The van der Waals surface area contributed by atoms with Gasteiger partial charge in [-0.25, -0.2) is 4.79 Å². The lowest BCUT2D eigenvalue weighted by molar-refractivity contribution is 0.0516. The Morgan fingerprint density at radius 1 is 1.44 bits per heavy atom. The van der Waals surface area contributed by atoms with Gasteiger partial charge in [0.15, 0.2) is 0 Å². The van der Waals surface area contributed by atoms with Gasteiger partial charge in [0, 0.05) is 22.4 Å². The van der Waals surface area contributed by atoms with E-state index in [2.05, 4.69) is 15.9 Å². The molecule has 2 rings (SSSR count). The molecule has 0 saturated heterocycles. The highest BCUT2D eigenvalue weighted by molar-refractivity contribution is 9.10. The van der Waals surface area contributed by atoms with E-state index in [-0.39, 0.29) is 5.97 Å². The maximum atomic E-state index is 11.7. The lowest BCUT2D eigenvalue weighted by atomic mass is 10.2. The van der Waals surface area contributed by atoms with Gasteiger partial charge in [0.2, 0.25) is 0 Å². The molecule has 16 heavy (non-hydrogen) atoms. The first kappa shape index (κ1) is 11.2. The molecular weight excluding hydrogens is 270 g/mol. The molecule has 0 spiro atoms. The molecule has 0 radical (unpaired) electrons. The zero-order chi connectivity index (χ0) is 11.7. The standard InChI is InChI=1S/C12H12BrNO2/c1-3-16-12(15)11-6-8-4-5-9(13)7-10(8)14(11)2/h4-7H,3H2,1-2H3. The summed E-state index contributed by atoms with van der Waals surface area (Å²) in [6.45, 7) is 2.20. The van der Waals surface area contributed by atoms with Crippen molar-refractivity contribution in [1.82, 2.24) is 4.57 Å². The van der Waals surface area contributed by atoms with E-state index in [1.165, 1.54) is 0 Å². The molecule has 0 unspecified atom stereocenters. The largest absolute Gasteiger partial charge is 0.461 e. The van der Waals surface area contributed by atoms with Crippen molar-refractivity contribution in [2.45, 2.75) is 6.92 Å². The van der Waals surface area contributed by atoms with Gasteiger partial charge >= 0.3 is 5.97 Å². The monoisotopic (exact) mass is 281 g/mol. The van der Waals surface area contributed by atoms with Gasteiger partial charge in [-0.05, 0) is 25.1 Å². The fraction of sp³-hybridized carbons (Fsp3) is 0.250. The summed E-state index contributed by atoms with van der Waals surface area (Å²) >= 11 is 3.41. The topological polar surface area (TPSA) is 31.2 Å². The number of halogens is 1. The minimum Gasteiger partial charge on any atom is -0.461 e. The van der Waals surface area contributed by atoms with Crippen LogP contribution in [0.25, 0.3) is 10.9 Å². The molecule has 0 N–H and O–H groups in total. The van der Waals surface area contributed by atoms with Crippen LogP contribution in [-0.2, 0) is 11.8 Å². The van der Waals surface area contributed by atoms with E-state index in [0.717, 1.165) is 15.4 Å². The van der Waals surface area contributed by atoms with Crippen molar-refractivity contribution in [2.75, 3.05) is 6.61 Å². The van der Waals surface area contributed by atoms with E-state index in [0.29, 0.717) is 12.3 Å². The normalized spacial score (nSPS) is 10.7. The Hall–Kier alpha value is -1.29. The van der Waals surface area contributed by atoms with E-state index in [9.17, 15) is 4.79 Å². The Labute approximate surface area is 102 Å². The second kappa shape index (κ2) is 4.29. The number of carbonyl (C=O) groups excluding carboxylic acids is 1. The summed E-state index contributed by atoms with van der Waals surface area (Å²) in [7, 11) is 1.86. The molecule has 2 aromatic rings. The Bertz CT molecular complexity index is 545. The number of benzene rings is 1. The minimum absolute atomic E-state index is 0.280. The maximum absolute atomic E-state index is 11.7. The number of fused-ring (bicyclic) bond motifs is 1. The number of hydrogen-bond donors (Lipinski definition) is 0. The van der Waals surface area contributed by atoms with Crippen LogP contribution >= 0.6 is 15.9 Å². The predicted molar refractivity (Wildman–Crippen MR) is 66.6 cm³/mol. The Morgan fingerprint density at radius 2 is 2.19 bits per heavy atom. The molecule has 0 aliphatic heterocycles. The number of rotatable bonds is 2. The van der Waals surface area contributed by atoms with Crippen LogP contribution < -0.4 is 0 Å². The van der Waals surface area contributed by atoms with Crippen molar-refractivity contribution in [1.29, 1.82) is 0 Å². The van der Waals surface area contributed by atoms with Gasteiger partial charge in [0.1, 0.15) is 5.69 Å². The van der Waals surface area contributed by atoms with Gasteiger partial charge in [-0.3, -0.25) is 0 Å². The van der Waals surface area contributed by atoms with E-state index in [1.54, 1.807) is 6.92 Å². The lowest BCUT2D eigenvalue weighted by Crippen LogP contribution is -2.09. The average Bonchev–Trinajstić information content (AvgIpc) is 2.57. The zero-order valence-electron chi connectivity index (χ0n) is 9.16. The molecule has 0 atom stereocenters. The number of aromatic nitrogens is 1. The summed E-state index contributed by atoms with van der Waals surface area (Å²) < 4.78 is 7.84. The molecular formula is C12H12BrNO2. The van der Waals surface area contributed by atoms with Gasteiger partial charge < -0.3 is 9.30 Å². The maximum Gasteiger partial charge on any atom is 0.354 e. The fourth-order valence-corrected chi connectivity index (χ4v) is 2.05. The highest BCUT2D eigenvalue weighted by Gasteiger charge is 2.13. The van der Waals surface area contributed by atoms with Crippen molar-refractivity contribution in [2.24, 2.45) is 7.05 Å². The first-order valence-electron chi connectivity index (χ1n) is 5.05. The van der Waals surface area contributed by atoms with Crippen molar-refractivity contribution in [3.05, 3.63) is 34.4 Å². The number of aryl methyl sites for hydroxylation is 1. The second-order valence-electron chi connectivity index (χ2n) is 3.51. The summed E-state index contributed by atoms with van der Waals surface area (Å²) in [5.41, 5.74) is 1.59. The molecule has 0 aliphatic rings. The number of nitrogens with zero attached hydrogens (tertiary/aromatic N) is 1. The molecule has 1 heterocycles. The first-order chi connectivity index (χ1) is 7.63. The van der Waals surface area contributed by atoms with Crippen LogP contribution in [0.5, 0.6) is 0 Å². The van der Waals surface area contributed by atoms with Crippen LogP contribution in [-0.4, -0.2) is 17.1 Å². The SMILES string of the molecule is CCOC(=O)c1cc2ccc(Br)cc2n1C. The number of carbonyl (C=O) groups is 1. The van der Waals surface area contributed by atoms with Crippen LogP contribution in [0.1, 0.15) is 17.4 Å². The van der Waals surface area contributed by atoms with Gasteiger partial charge in [-0.15, -0.1) is 0 Å². The smallest absolute Gasteiger partial charge is 0.354 e. The van der Waals surface area contributed by atoms with Crippen molar-refractivity contribution >= 4 is 32.8 Å². The summed E-state index contributed by atoms with van der Waals surface area (Å²) in [5, 5.41) is 1.04. The zero-order valence-corrected chi connectivity index (χ0v) is 10.7. The van der Waals surface area contributed by atoms with Crippen LogP contribution in [0, 0.1) is 0 Å². The van der Waals surface area contributed by atoms with Crippen molar-refractivity contribution in [3.63, 3.8) is 0 Å². The molecule has 1 aromatic heterocycles. The lowest BCUT2D eigenvalue weighted by Gasteiger charge is -2.03. The van der Waals surface area contributed by atoms with Crippen LogP contribution in [0.4, 0.5) is 0 Å². The quantitative estimate of drug-likeness (QED) is 0.792. The molecule has 0 amide bonds. The molecule has 0 aliphatic carbocycles. The number of hydrogen-bond acceptors (Lipinski definition) is 2. The summed E-state index contributed by atoms with van der Waals surface area (Å²) in [4.78, 5) is 11.7. The van der Waals surface area contributed by atoms with Gasteiger partial charge in [0.25, 0.3) is 0 Å². The average molecular weight is 282 g/mol. The Balaban J connectivity index is 2.56. The molecule has 0 bridgehead atoms. The van der Waals surface area contributed by atoms with Gasteiger partial charge in [-0.1, -0.05) is 22.0 Å². The van der Waals surface area contributed by atoms with E-state index in [1.807, 2.05) is 35.9 Å². The van der Waals surface area contributed by atoms with Crippen LogP contribution in [0.15, 0.2) is 28.7 Å². The second-order valence-corrected chi connectivity index (χ2v) is 4.43. The van der Waals surface area contributed by atoms with Crippen molar-refractivity contribution < 1.29 is 9.53 Å². The highest BCUT2D eigenvalue weighted by Crippen LogP contribution is 2.23. The third-order valence-electron chi connectivity index (χ3n) is 2.49.